The van der Waals surface area contributed by atoms with Crippen molar-refractivity contribution < 1.29 is 14.3 Å². The Labute approximate surface area is 71.5 Å². The van der Waals surface area contributed by atoms with Crippen molar-refractivity contribution in [3.05, 3.63) is 0 Å². The number of carbonyl (C=O) groups excluding carboxylic acids is 2. The van der Waals surface area contributed by atoms with Crippen LogP contribution in [0.1, 0.15) is 13.3 Å². The summed E-state index contributed by atoms with van der Waals surface area (Å²) in [4.78, 5) is 22.3. The van der Waals surface area contributed by atoms with Crippen LogP contribution >= 0.6 is 0 Å². The van der Waals surface area contributed by atoms with Crippen LogP contribution in [0.4, 0.5) is 4.79 Å². The molecule has 0 rings (SSSR count). The molecule has 0 radical (unpaired) electrons. The summed E-state index contributed by atoms with van der Waals surface area (Å²) in [6, 6.07) is 0. The van der Waals surface area contributed by atoms with E-state index in [0.29, 0.717) is 13.0 Å². The normalized spacial score (nSPS) is 9.17. The number of ether oxygens (including phenoxy) is 1. The van der Waals surface area contributed by atoms with Gasteiger partial charge in [0.2, 0.25) is 5.91 Å². The minimum absolute atomic E-state index is 0.00549. The van der Waals surface area contributed by atoms with Crippen molar-refractivity contribution in [2.24, 2.45) is 5.73 Å². The predicted molar refractivity (Wildman–Crippen MR) is 43.5 cm³/mol. The van der Waals surface area contributed by atoms with Gasteiger partial charge in [0.25, 0.3) is 0 Å². The Hall–Kier alpha value is -1.26. The number of hydrogen-bond acceptors (Lipinski definition) is 3. The molecule has 0 bridgehead atoms. The monoisotopic (exact) mass is 174 g/mol. The molecule has 0 saturated heterocycles. The SMILES string of the molecule is CC(=O)N(C)CCCOC(N)=O. The smallest absolute Gasteiger partial charge is 0.404 e. The number of primary amides is 1. The summed E-state index contributed by atoms with van der Waals surface area (Å²) >= 11 is 0. The van der Waals surface area contributed by atoms with Crippen molar-refractivity contribution in [3.8, 4) is 0 Å². The zero-order valence-electron chi connectivity index (χ0n) is 7.37. The highest BCUT2D eigenvalue weighted by atomic mass is 16.5. The van der Waals surface area contributed by atoms with E-state index in [1.54, 1.807) is 11.9 Å². The molecule has 0 atom stereocenters. The van der Waals surface area contributed by atoms with Gasteiger partial charge in [-0.15, -0.1) is 0 Å². The molecule has 0 heterocycles. The van der Waals surface area contributed by atoms with E-state index in [2.05, 4.69) is 4.74 Å². The van der Waals surface area contributed by atoms with E-state index in [9.17, 15) is 9.59 Å². The molecule has 70 valence electrons. The first kappa shape index (κ1) is 10.7. The lowest BCUT2D eigenvalue weighted by molar-refractivity contribution is -0.127. The summed E-state index contributed by atoms with van der Waals surface area (Å²) in [5.74, 6) is -0.00549. The van der Waals surface area contributed by atoms with Gasteiger partial charge in [-0.1, -0.05) is 0 Å². The van der Waals surface area contributed by atoms with E-state index in [0.717, 1.165) is 0 Å². The quantitative estimate of drug-likeness (QED) is 0.607. The van der Waals surface area contributed by atoms with Crippen LogP contribution in [0.2, 0.25) is 0 Å². The molecule has 5 heteroatoms. The Kier molecular flexibility index (Phi) is 4.83. The molecule has 0 aliphatic carbocycles. The van der Waals surface area contributed by atoms with Gasteiger partial charge in [-0.3, -0.25) is 4.79 Å². The Morgan fingerprint density at radius 3 is 2.50 bits per heavy atom. The van der Waals surface area contributed by atoms with E-state index >= 15 is 0 Å². The lowest BCUT2D eigenvalue weighted by Gasteiger charge is -2.13. The summed E-state index contributed by atoms with van der Waals surface area (Å²) in [6.07, 6.45) is -0.167. The van der Waals surface area contributed by atoms with Gasteiger partial charge in [-0.05, 0) is 6.42 Å². The number of amides is 2. The van der Waals surface area contributed by atoms with Crippen molar-refractivity contribution in [2.45, 2.75) is 13.3 Å². The van der Waals surface area contributed by atoms with Gasteiger partial charge in [0, 0.05) is 20.5 Å². The first-order valence-corrected chi connectivity index (χ1v) is 3.68. The molecule has 0 spiro atoms. The molecule has 0 aliphatic rings. The van der Waals surface area contributed by atoms with E-state index in [4.69, 9.17) is 5.73 Å². The third-order valence-electron chi connectivity index (χ3n) is 1.42. The van der Waals surface area contributed by atoms with Crippen molar-refractivity contribution >= 4 is 12.0 Å². The maximum Gasteiger partial charge on any atom is 0.404 e. The van der Waals surface area contributed by atoms with Gasteiger partial charge in [-0.25, -0.2) is 4.79 Å². The molecular formula is C7H14N2O3. The fourth-order valence-electron chi connectivity index (χ4n) is 0.632. The third-order valence-corrected chi connectivity index (χ3v) is 1.42. The second-order valence-electron chi connectivity index (χ2n) is 2.46. The van der Waals surface area contributed by atoms with Crippen molar-refractivity contribution in [1.82, 2.24) is 4.90 Å². The van der Waals surface area contributed by atoms with Gasteiger partial charge in [0.05, 0.1) is 6.61 Å². The van der Waals surface area contributed by atoms with E-state index < -0.39 is 6.09 Å². The van der Waals surface area contributed by atoms with E-state index in [1.165, 1.54) is 6.92 Å². The topological polar surface area (TPSA) is 72.6 Å². The minimum atomic E-state index is -0.777. The maximum atomic E-state index is 10.7. The average Bonchev–Trinajstić information content (AvgIpc) is 1.97. The maximum absolute atomic E-state index is 10.7. The van der Waals surface area contributed by atoms with E-state index in [1.807, 2.05) is 0 Å². The standard InChI is InChI=1S/C7H14N2O3/c1-6(10)9(2)4-3-5-12-7(8)11/h3-5H2,1-2H3,(H2,8,11). The average molecular weight is 174 g/mol. The van der Waals surface area contributed by atoms with Crippen LogP contribution in [0.5, 0.6) is 0 Å². The Balaban J connectivity index is 3.31. The lowest BCUT2D eigenvalue weighted by atomic mass is 10.4. The van der Waals surface area contributed by atoms with Crippen LogP contribution < -0.4 is 5.73 Å². The second kappa shape index (κ2) is 5.40. The predicted octanol–water partition coefficient (Wildman–Crippen LogP) is -0.0499. The van der Waals surface area contributed by atoms with Gasteiger partial charge >= 0.3 is 6.09 Å². The van der Waals surface area contributed by atoms with Crippen LogP contribution in [0.3, 0.4) is 0 Å². The summed E-state index contributed by atoms with van der Waals surface area (Å²) in [5.41, 5.74) is 4.73. The fraction of sp³-hybridized carbons (Fsp3) is 0.714. The zero-order valence-corrected chi connectivity index (χ0v) is 7.37. The first-order chi connectivity index (χ1) is 5.54. The molecule has 0 aromatic carbocycles. The summed E-state index contributed by atoms with van der Waals surface area (Å²) in [7, 11) is 1.69. The molecule has 5 nitrogen and oxygen atoms in total. The molecule has 0 unspecified atom stereocenters. The molecule has 0 saturated carbocycles. The minimum Gasteiger partial charge on any atom is -0.450 e. The highest BCUT2D eigenvalue weighted by Crippen LogP contribution is 1.88. The van der Waals surface area contributed by atoms with Crippen LogP contribution in [0, 0.1) is 0 Å². The highest BCUT2D eigenvalue weighted by Gasteiger charge is 2.01. The fourth-order valence-corrected chi connectivity index (χ4v) is 0.632. The third kappa shape index (κ3) is 5.52. The molecule has 0 aromatic heterocycles. The van der Waals surface area contributed by atoms with Gasteiger partial charge < -0.3 is 15.4 Å². The summed E-state index contributed by atoms with van der Waals surface area (Å²) in [5, 5.41) is 0. The molecule has 0 aliphatic heterocycles. The highest BCUT2D eigenvalue weighted by molar-refractivity contribution is 5.72. The van der Waals surface area contributed by atoms with Gasteiger partial charge in [0.1, 0.15) is 0 Å². The van der Waals surface area contributed by atoms with Crippen LogP contribution in [-0.2, 0) is 9.53 Å². The summed E-state index contributed by atoms with van der Waals surface area (Å²) in [6.45, 7) is 2.31. The first-order valence-electron chi connectivity index (χ1n) is 3.68. The lowest BCUT2D eigenvalue weighted by Crippen LogP contribution is -2.26. The summed E-state index contributed by atoms with van der Waals surface area (Å²) < 4.78 is 4.47. The Bertz CT molecular complexity index is 170. The van der Waals surface area contributed by atoms with Crippen molar-refractivity contribution in [3.63, 3.8) is 0 Å². The number of hydrogen-bond donors (Lipinski definition) is 1. The second-order valence-corrected chi connectivity index (χ2v) is 2.46. The largest absolute Gasteiger partial charge is 0.450 e. The molecule has 2 amide bonds. The van der Waals surface area contributed by atoms with Crippen molar-refractivity contribution in [2.75, 3.05) is 20.2 Å². The van der Waals surface area contributed by atoms with Gasteiger partial charge in [0.15, 0.2) is 0 Å². The van der Waals surface area contributed by atoms with Crippen LogP contribution in [0.15, 0.2) is 0 Å². The zero-order chi connectivity index (χ0) is 9.56. The molecular weight excluding hydrogens is 160 g/mol. The van der Waals surface area contributed by atoms with Crippen molar-refractivity contribution in [1.29, 1.82) is 0 Å². The molecule has 2 N–H and O–H groups in total. The number of nitrogens with two attached hydrogens (primary N) is 1. The molecule has 0 aromatic rings. The Morgan fingerprint density at radius 1 is 1.50 bits per heavy atom. The number of carbonyl (C=O) groups is 2. The van der Waals surface area contributed by atoms with Crippen LogP contribution in [0.25, 0.3) is 0 Å². The molecule has 0 fully saturated rings. The number of nitrogens with zero attached hydrogens (tertiary/aromatic N) is 1. The number of rotatable bonds is 4. The van der Waals surface area contributed by atoms with E-state index in [-0.39, 0.29) is 12.5 Å². The van der Waals surface area contributed by atoms with Crippen LogP contribution in [-0.4, -0.2) is 37.1 Å². The Morgan fingerprint density at radius 2 is 2.08 bits per heavy atom. The molecule has 12 heavy (non-hydrogen) atoms. The van der Waals surface area contributed by atoms with Gasteiger partial charge in [-0.2, -0.15) is 0 Å².